The predicted molar refractivity (Wildman–Crippen MR) is 201 cm³/mol. The number of anilines is 3. The number of alkyl carbamates (subject to hydrolysis) is 2. The number of carbonyl (C=O) groups excluding carboxylic acids is 3. The second kappa shape index (κ2) is 14.4. The molecule has 3 saturated heterocycles. The van der Waals surface area contributed by atoms with E-state index in [9.17, 15) is 22.8 Å². The molecule has 0 saturated carbocycles. The highest BCUT2D eigenvalue weighted by molar-refractivity contribution is 7.92. The molecule has 3 aromatic rings. The number of amides is 3. The summed E-state index contributed by atoms with van der Waals surface area (Å²) in [6.45, 7) is 13.4. The summed E-state index contributed by atoms with van der Waals surface area (Å²) in [5, 5.41) is 11.2. The SMILES string of the molecule is CC(C)(C)OC(=O)NC1CN(c2cc(N3CC(NC(=O)OC(C)(C)C)C3)n3nc(C4CCCCN4C(=O)c4cc(Cl)ccc4NS(C)(=O)=O)cc3n2)C1. The Labute approximate surface area is 314 Å². The monoisotopic (exact) mass is 773 g/mol. The molecular formula is C35H48ClN9O7S. The molecule has 53 heavy (non-hydrogen) atoms. The molecule has 3 fully saturated rings. The first kappa shape index (κ1) is 38.2. The Morgan fingerprint density at radius 2 is 1.47 bits per heavy atom. The van der Waals surface area contributed by atoms with Crippen molar-refractivity contribution in [2.24, 2.45) is 0 Å². The smallest absolute Gasteiger partial charge is 0.407 e. The van der Waals surface area contributed by atoms with Gasteiger partial charge in [-0.2, -0.15) is 9.61 Å². The van der Waals surface area contributed by atoms with E-state index in [0.717, 1.165) is 24.9 Å². The van der Waals surface area contributed by atoms with Crippen molar-refractivity contribution in [2.75, 3.05) is 53.5 Å². The van der Waals surface area contributed by atoms with Crippen molar-refractivity contribution >= 4 is 62.7 Å². The fraction of sp³-hybridized carbons (Fsp3) is 0.571. The lowest BCUT2D eigenvalue weighted by Gasteiger charge is -2.43. The number of aromatic nitrogens is 3. The van der Waals surface area contributed by atoms with Crippen molar-refractivity contribution < 1.29 is 32.3 Å². The molecule has 16 nitrogen and oxygen atoms in total. The zero-order chi connectivity index (χ0) is 38.5. The lowest BCUT2D eigenvalue weighted by Crippen LogP contribution is -2.61. The van der Waals surface area contributed by atoms with E-state index in [-0.39, 0.29) is 29.2 Å². The summed E-state index contributed by atoms with van der Waals surface area (Å²) in [6.07, 6.45) is 2.35. The van der Waals surface area contributed by atoms with Crippen LogP contribution >= 0.6 is 11.6 Å². The van der Waals surface area contributed by atoms with Gasteiger partial charge >= 0.3 is 12.2 Å². The Morgan fingerprint density at radius 1 is 0.868 bits per heavy atom. The zero-order valence-corrected chi connectivity index (χ0v) is 32.7. The number of rotatable bonds is 8. The van der Waals surface area contributed by atoms with E-state index >= 15 is 0 Å². The normalized spacial score (nSPS) is 18.6. The molecule has 1 aromatic carbocycles. The van der Waals surface area contributed by atoms with Crippen LogP contribution in [0.5, 0.6) is 0 Å². The molecule has 0 bridgehead atoms. The average molecular weight is 774 g/mol. The second-order valence-corrected chi connectivity index (χ2v) is 18.1. The topological polar surface area (TPSA) is 180 Å². The van der Waals surface area contributed by atoms with Crippen LogP contribution < -0.4 is 25.2 Å². The molecule has 3 aliphatic heterocycles. The summed E-state index contributed by atoms with van der Waals surface area (Å²) in [6, 6.07) is 7.64. The Bertz CT molecular complexity index is 2000. The van der Waals surface area contributed by atoms with Crippen molar-refractivity contribution in [3.63, 3.8) is 0 Å². The third-order valence-corrected chi connectivity index (χ3v) is 9.70. The number of nitrogens with one attached hydrogen (secondary N) is 3. The Kier molecular flexibility index (Phi) is 10.4. The third-order valence-electron chi connectivity index (χ3n) is 8.88. The first-order valence-corrected chi connectivity index (χ1v) is 20.0. The van der Waals surface area contributed by atoms with Gasteiger partial charge in [-0.3, -0.25) is 9.52 Å². The summed E-state index contributed by atoms with van der Waals surface area (Å²) in [7, 11) is -3.67. The molecule has 0 radical (unpaired) electrons. The summed E-state index contributed by atoms with van der Waals surface area (Å²) >= 11 is 6.29. The molecule has 1 atom stereocenters. The molecule has 5 heterocycles. The molecule has 0 spiro atoms. The first-order valence-electron chi connectivity index (χ1n) is 17.7. The van der Waals surface area contributed by atoms with Crippen LogP contribution in [0, 0.1) is 0 Å². The number of sulfonamides is 1. The van der Waals surface area contributed by atoms with Gasteiger partial charge in [0.1, 0.15) is 22.8 Å². The van der Waals surface area contributed by atoms with Gasteiger partial charge in [0.05, 0.1) is 41.3 Å². The number of ether oxygens (including phenoxy) is 2. The molecule has 0 aliphatic carbocycles. The molecule has 3 amide bonds. The van der Waals surface area contributed by atoms with E-state index in [1.165, 1.54) is 18.2 Å². The summed E-state index contributed by atoms with van der Waals surface area (Å²) in [5.74, 6) is 1.08. The summed E-state index contributed by atoms with van der Waals surface area (Å²) in [4.78, 5) is 49.8. The largest absolute Gasteiger partial charge is 0.444 e. The van der Waals surface area contributed by atoms with Crippen LogP contribution in [0.25, 0.3) is 5.65 Å². The summed E-state index contributed by atoms with van der Waals surface area (Å²) < 4.78 is 39.3. The standard InChI is InChI=1S/C35H48ClN9O7S/c1-34(2,3)51-32(47)37-22-17-42(18-22)28-16-30(43-19-23(20-43)38-33(48)52-35(4,5)6)45-29(39-28)15-26(40-45)27-10-8-9-13-44(27)31(46)24-14-21(36)11-12-25(24)41-53(7,49)50/h11-12,14-16,22-23,27,41H,8-10,13,17-20H2,1-7H3,(H,37,47)(H,38,48). The minimum Gasteiger partial charge on any atom is -0.444 e. The van der Waals surface area contributed by atoms with Crippen LogP contribution in [-0.2, 0) is 19.5 Å². The highest BCUT2D eigenvalue weighted by Gasteiger charge is 2.37. The fourth-order valence-electron chi connectivity index (χ4n) is 6.59. The minimum atomic E-state index is -3.67. The van der Waals surface area contributed by atoms with E-state index in [0.29, 0.717) is 61.3 Å². The summed E-state index contributed by atoms with van der Waals surface area (Å²) in [5.41, 5.74) is 0.281. The second-order valence-electron chi connectivity index (χ2n) is 15.9. The molecule has 2 aromatic heterocycles. The highest BCUT2D eigenvalue weighted by atomic mass is 35.5. The van der Waals surface area contributed by atoms with Gasteiger partial charge in [0.15, 0.2) is 5.65 Å². The van der Waals surface area contributed by atoms with Crippen LogP contribution in [0.3, 0.4) is 0 Å². The van der Waals surface area contributed by atoms with E-state index in [2.05, 4.69) is 25.2 Å². The molecule has 3 aliphatic rings. The van der Waals surface area contributed by atoms with Crippen LogP contribution in [0.2, 0.25) is 5.02 Å². The molecule has 3 N–H and O–H groups in total. The number of carbonyl (C=O) groups is 3. The highest BCUT2D eigenvalue weighted by Crippen LogP contribution is 2.36. The van der Waals surface area contributed by atoms with E-state index in [4.69, 9.17) is 31.2 Å². The maximum atomic E-state index is 14.2. The van der Waals surface area contributed by atoms with Gasteiger partial charge in [0, 0.05) is 49.9 Å². The van der Waals surface area contributed by atoms with Crippen molar-refractivity contribution in [3.05, 3.63) is 46.6 Å². The molecular weight excluding hydrogens is 726 g/mol. The quantitative estimate of drug-likeness (QED) is 0.293. The number of likely N-dealkylation sites (tertiary alicyclic amines) is 1. The van der Waals surface area contributed by atoms with Crippen LogP contribution in [0.1, 0.15) is 82.9 Å². The number of fused-ring (bicyclic) bond motifs is 1. The maximum absolute atomic E-state index is 14.2. The minimum absolute atomic E-state index is 0.117. The van der Waals surface area contributed by atoms with Gasteiger partial charge in [0.2, 0.25) is 10.0 Å². The molecule has 6 rings (SSSR count). The Hall–Kier alpha value is -4.51. The molecule has 288 valence electrons. The van der Waals surface area contributed by atoms with Crippen LogP contribution in [0.4, 0.5) is 26.9 Å². The molecule has 18 heteroatoms. The maximum Gasteiger partial charge on any atom is 0.407 e. The van der Waals surface area contributed by atoms with Crippen molar-refractivity contribution in [3.8, 4) is 0 Å². The van der Waals surface area contributed by atoms with Gasteiger partial charge in [-0.15, -0.1) is 0 Å². The van der Waals surface area contributed by atoms with Crippen molar-refractivity contribution in [1.29, 1.82) is 0 Å². The first-order chi connectivity index (χ1) is 24.7. The molecule has 1 unspecified atom stereocenters. The fourth-order valence-corrected chi connectivity index (χ4v) is 7.34. The number of hydrogen-bond acceptors (Lipinski definition) is 11. The van der Waals surface area contributed by atoms with Crippen LogP contribution in [-0.4, -0.2) is 108 Å². The van der Waals surface area contributed by atoms with Crippen molar-refractivity contribution in [1.82, 2.24) is 30.1 Å². The van der Waals surface area contributed by atoms with E-state index < -0.39 is 39.5 Å². The van der Waals surface area contributed by atoms with Crippen molar-refractivity contribution in [2.45, 2.75) is 90.1 Å². The number of nitrogens with zero attached hydrogens (tertiary/aromatic N) is 6. The number of benzene rings is 1. The average Bonchev–Trinajstić information content (AvgIpc) is 3.42. The Balaban J connectivity index is 1.28. The van der Waals surface area contributed by atoms with Gasteiger partial charge < -0.3 is 34.8 Å². The van der Waals surface area contributed by atoms with Gasteiger partial charge in [-0.25, -0.2) is 23.0 Å². The number of halogens is 1. The van der Waals surface area contributed by atoms with Crippen LogP contribution in [0.15, 0.2) is 30.3 Å². The predicted octanol–water partition coefficient (Wildman–Crippen LogP) is 4.55. The lowest BCUT2D eigenvalue weighted by atomic mass is 9.98. The number of hydrogen-bond donors (Lipinski definition) is 3. The third kappa shape index (κ3) is 9.36. The van der Waals surface area contributed by atoms with E-state index in [1.54, 1.807) is 9.42 Å². The van der Waals surface area contributed by atoms with Gasteiger partial charge in [0.25, 0.3) is 5.91 Å². The Morgan fingerprint density at radius 3 is 2.06 bits per heavy atom. The lowest BCUT2D eigenvalue weighted by molar-refractivity contribution is 0.0484. The van der Waals surface area contributed by atoms with Gasteiger partial charge in [-0.05, 0) is 79.0 Å². The van der Waals surface area contributed by atoms with E-state index in [1.807, 2.05) is 53.7 Å². The number of piperidine rings is 1. The zero-order valence-electron chi connectivity index (χ0n) is 31.1. The van der Waals surface area contributed by atoms with Gasteiger partial charge in [-0.1, -0.05) is 11.6 Å².